The summed E-state index contributed by atoms with van der Waals surface area (Å²) in [6.07, 6.45) is 2.75. The maximum Gasteiger partial charge on any atom is 0.325 e. The molecule has 3 rings (SSSR count). The molecule has 1 atom stereocenters. The number of benzene rings is 1. The van der Waals surface area contributed by atoms with Crippen LogP contribution in [0.15, 0.2) is 30.3 Å². The number of nitrogens with zero attached hydrogens (tertiary/aromatic N) is 2. The number of hydrogen-bond donors (Lipinski definition) is 1. The Balaban J connectivity index is 1.63. The number of aliphatic carboxylic acids is 1. The van der Waals surface area contributed by atoms with Crippen LogP contribution in [-0.2, 0) is 4.79 Å². The van der Waals surface area contributed by atoms with E-state index in [0.717, 1.165) is 37.7 Å². The standard InChI is InChI=1S/C16H22N2O2/c19-16(20)15(14-4-2-1-3-5-14)18-10-8-17(9-11-18)12-13-6-7-13/h1-5,13,15H,6-12H2,(H,19,20)/t15-/m0/s1. The Hall–Kier alpha value is -1.39. The average molecular weight is 274 g/mol. The Labute approximate surface area is 120 Å². The zero-order valence-electron chi connectivity index (χ0n) is 11.7. The van der Waals surface area contributed by atoms with E-state index < -0.39 is 12.0 Å². The van der Waals surface area contributed by atoms with E-state index in [1.54, 1.807) is 0 Å². The lowest BCUT2D eigenvalue weighted by molar-refractivity contribution is -0.144. The fourth-order valence-electron chi connectivity index (χ4n) is 3.01. The Bertz CT molecular complexity index is 451. The Kier molecular flexibility index (Phi) is 4.03. The first kappa shape index (κ1) is 13.6. The third-order valence-corrected chi connectivity index (χ3v) is 4.33. The van der Waals surface area contributed by atoms with Crippen molar-refractivity contribution in [2.45, 2.75) is 18.9 Å². The van der Waals surface area contributed by atoms with Crippen molar-refractivity contribution in [3.05, 3.63) is 35.9 Å². The first-order chi connectivity index (χ1) is 9.74. The summed E-state index contributed by atoms with van der Waals surface area (Å²) in [7, 11) is 0. The Morgan fingerprint density at radius 1 is 1.15 bits per heavy atom. The molecule has 4 heteroatoms. The fourth-order valence-corrected chi connectivity index (χ4v) is 3.01. The van der Waals surface area contributed by atoms with E-state index in [9.17, 15) is 9.90 Å². The van der Waals surface area contributed by atoms with E-state index in [1.165, 1.54) is 19.4 Å². The second-order valence-electron chi connectivity index (χ2n) is 5.93. The molecule has 20 heavy (non-hydrogen) atoms. The highest BCUT2D eigenvalue weighted by atomic mass is 16.4. The van der Waals surface area contributed by atoms with Gasteiger partial charge in [-0.2, -0.15) is 0 Å². The highest BCUT2D eigenvalue weighted by Gasteiger charge is 2.32. The van der Waals surface area contributed by atoms with Crippen LogP contribution < -0.4 is 0 Å². The molecule has 2 fully saturated rings. The van der Waals surface area contributed by atoms with Crippen LogP contribution in [0.5, 0.6) is 0 Å². The van der Waals surface area contributed by atoms with Crippen LogP contribution in [0, 0.1) is 5.92 Å². The lowest BCUT2D eigenvalue weighted by atomic mass is 10.0. The van der Waals surface area contributed by atoms with E-state index >= 15 is 0 Å². The quantitative estimate of drug-likeness (QED) is 0.890. The predicted octanol–water partition coefficient (Wildman–Crippen LogP) is 1.84. The number of carboxylic acids is 1. The summed E-state index contributed by atoms with van der Waals surface area (Å²) < 4.78 is 0. The molecule has 1 saturated heterocycles. The minimum atomic E-state index is -0.744. The Morgan fingerprint density at radius 2 is 1.80 bits per heavy atom. The molecule has 0 unspecified atom stereocenters. The van der Waals surface area contributed by atoms with Crippen molar-refractivity contribution in [2.24, 2.45) is 5.92 Å². The lowest BCUT2D eigenvalue weighted by Gasteiger charge is -2.37. The number of piperazine rings is 1. The highest BCUT2D eigenvalue weighted by molar-refractivity contribution is 5.75. The molecule has 0 aromatic heterocycles. The predicted molar refractivity (Wildman–Crippen MR) is 77.6 cm³/mol. The molecule has 1 aliphatic carbocycles. The van der Waals surface area contributed by atoms with Crippen molar-refractivity contribution in [1.82, 2.24) is 9.80 Å². The van der Waals surface area contributed by atoms with E-state index in [0.29, 0.717) is 0 Å². The van der Waals surface area contributed by atoms with E-state index in [-0.39, 0.29) is 0 Å². The van der Waals surface area contributed by atoms with Crippen molar-refractivity contribution in [2.75, 3.05) is 32.7 Å². The molecule has 1 aromatic carbocycles. The third-order valence-electron chi connectivity index (χ3n) is 4.33. The zero-order chi connectivity index (χ0) is 13.9. The van der Waals surface area contributed by atoms with Gasteiger partial charge in [-0.05, 0) is 24.3 Å². The van der Waals surface area contributed by atoms with Crippen LogP contribution in [0.2, 0.25) is 0 Å². The van der Waals surface area contributed by atoms with Gasteiger partial charge in [-0.25, -0.2) is 0 Å². The van der Waals surface area contributed by atoms with Crippen LogP contribution in [0.1, 0.15) is 24.4 Å². The maximum absolute atomic E-state index is 11.6. The van der Waals surface area contributed by atoms with Gasteiger partial charge < -0.3 is 10.0 Å². The van der Waals surface area contributed by atoms with Gasteiger partial charge in [0.1, 0.15) is 6.04 Å². The van der Waals surface area contributed by atoms with E-state index in [1.807, 2.05) is 30.3 Å². The molecule has 0 radical (unpaired) electrons. The van der Waals surface area contributed by atoms with Crippen molar-refractivity contribution >= 4 is 5.97 Å². The largest absolute Gasteiger partial charge is 0.480 e. The number of carbonyl (C=O) groups is 1. The van der Waals surface area contributed by atoms with Crippen molar-refractivity contribution in [3.63, 3.8) is 0 Å². The van der Waals surface area contributed by atoms with Gasteiger partial charge in [0.05, 0.1) is 0 Å². The van der Waals surface area contributed by atoms with E-state index in [4.69, 9.17) is 0 Å². The zero-order valence-corrected chi connectivity index (χ0v) is 11.7. The van der Waals surface area contributed by atoms with Crippen LogP contribution in [-0.4, -0.2) is 53.6 Å². The van der Waals surface area contributed by atoms with Crippen LogP contribution in [0.4, 0.5) is 0 Å². The van der Waals surface area contributed by atoms with Gasteiger partial charge in [0.15, 0.2) is 0 Å². The minimum Gasteiger partial charge on any atom is -0.480 e. The maximum atomic E-state index is 11.6. The number of carboxylic acid groups (broad SMARTS) is 1. The molecule has 0 amide bonds. The smallest absolute Gasteiger partial charge is 0.325 e. The summed E-state index contributed by atoms with van der Waals surface area (Å²) in [6, 6.07) is 9.07. The molecule has 0 spiro atoms. The Morgan fingerprint density at radius 3 is 2.35 bits per heavy atom. The highest BCUT2D eigenvalue weighted by Crippen LogP contribution is 2.30. The molecular formula is C16H22N2O2. The summed E-state index contributed by atoms with van der Waals surface area (Å²) in [5, 5.41) is 9.54. The number of rotatable bonds is 5. The lowest BCUT2D eigenvalue weighted by Crippen LogP contribution is -2.49. The first-order valence-electron chi connectivity index (χ1n) is 7.48. The normalized spacial score (nSPS) is 22.6. The average Bonchev–Trinajstić information content (AvgIpc) is 3.26. The topological polar surface area (TPSA) is 43.8 Å². The van der Waals surface area contributed by atoms with Gasteiger partial charge in [0, 0.05) is 32.7 Å². The van der Waals surface area contributed by atoms with Gasteiger partial charge in [-0.15, -0.1) is 0 Å². The SMILES string of the molecule is O=C(O)[C@H](c1ccccc1)N1CCN(CC2CC2)CC1. The molecule has 2 aliphatic rings. The van der Waals surface area contributed by atoms with Crippen LogP contribution in [0.3, 0.4) is 0 Å². The second kappa shape index (κ2) is 5.94. The molecule has 1 aliphatic heterocycles. The monoisotopic (exact) mass is 274 g/mol. The second-order valence-corrected chi connectivity index (χ2v) is 5.93. The molecule has 108 valence electrons. The molecule has 1 saturated carbocycles. The van der Waals surface area contributed by atoms with Gasteiger partial charge in [0.25, 0.3) is 0 Å². The third kappa shape index (κ3) is 3.19. The van der Waals surface area contributed by atoms with Gasteiger partial charge in [-0.1, -0.05) is 30.3 Å². The summed E-state index contributed by atoms with van der Waals surface area (Å²) in [5.41, 5.74) is 0.885. The van der Waals surface area contributed by atoms with E-state index in [2.05, 4.69) is 9.80 Å². The molecule has 4 nitrogen and oxygen atoms in total. The number of hydrogen-bond acceptors (Lipinski definition) is 3. The summed E-state index contributed by atoms with van der Waals surface area (Å²) in [6.45, 7) is 4.88. The minimum absolute atomic E-state index is 0.501. The van der Waals surface area contributed by atoms with Crippen LogP contribution >= 0.6 is 0 Å². The van der Waals surface area contributed by atoms with Gasteiger partial charge >= 0.3 is 5.97 Å². The first-order valence-corrected chi connectivity index (χ1v) is 7.48. The molecular weight excluding hydrogens is 252 g/mol. The molecule has 1 heterocycles. The molecule has 1 aromatic rings. The van der Waals surface area contributed by atoms with Crippen molar-refractivity contribution in [1.29, 1.82) is 0 Å². The van der Waals surface area contributed by atoms with Gasteiger partial charge in [0.2, 0.25) is 0 Å². The van der Waals surface area contributed by atoms with Gasteiger partial charge in [-0.3, -0.25) is 9.69 Å². The van der Waals surface area contributed by atoms with Crippen molar-refractivity contribution < 1.29 is 9.90 Å². The summed E-state index contributed by atoms with van der Waals surface area (Å²) in [4.78, 5) is 16.2. The summed E-state index contributed by atoms with van der Waals surface area (Å²) in [5.74, 6) is 0.165. The summed E-state index contributed by atoms with van der Waals surface area (Å²) >= 11 is 0. The molecule has 1 N–H and O–H groups in total. The van der Waals surface area contributed by atoms with Crippen LogP contribution in [0.25, 0.3) is 0 Å². The fraction of sp³-hybridized carbons (Fsp3) is 0.562. The van der Waals surface area contributed by atoms with Crippen molar-refractivity contribution in [3.8, 4) is 0 Å². The molecule has 0 bridgehead atoms.